The average molecular weight is 365 g/mol. The van der Waals surface area contributed by atoms with Crippen molar-refractivity contribution < 1.29 is 30.0 Å². The molecule has 10 heteroatoms. The minimum atomic E-state index is -4.94. The predicted molar refractivity (Wildman–Crippen MR) is 75.4 cm³/mol. The van der Waals surface area contributed by atoms with Gasteiger partial charge in [0.05, 0.1) is 15.4 Å². The SMILES string of the molecule is O=S(=O)(NS(=O)(=O)c1ccccc1C(F)(F)F)c1ccccc1. The van der Waals surface area contributed by atoms with Crippen LogP contribution in [-0.2, 0) is 26.2 Å². The van der Waals surface area contributed by atoms with E-state index in [4.69, 9.17) is 0 Å². The third-order valence-electron chi connectivity index (χ3n) is 2.75. The first kappa shape index (κ1) is 17.4. The second-order valence-electron chi connectivity index (χ2n) is 4.40. The third kappa shape index (κ3) is 3.89. The molecule has 2 rings (SSSR count). The van der Waals surface area contributed by atoms with Crippen molar-refractivity contribution in [1.82, 2.24) is 4.13 Å². The van der Waals surface area contributed by atoms with Crippen LogP contribution in [0.15, 0.2) is 64.4 Å². The van der Waals surface area contributed by atoms with Gasteiger partial charge in [0, 0.05) is 0 Å². The zero-order valence-electron chi connectivity index (χ0n) is 11.3. The Hall–Kier alpha value is -1.91. The normalized spacial score (nSPS) is 13.0. The van der Waals surface area contributed by atoms with E-state index in [2.05, 4.69) is 0 Å². The van der Waals surface area contributed by atoms with Gasteiger partial charge in [-0.25, -0.2) is 16.8 Å². The second kappa shape index (κ2) is 5.95. The van der Waals surface area contributed by atoms with Gasteiger partial charge in [0.15, 0.2) is 0 Å². The number of nitrogens with one attached hydrogen (secondary N) is 1. The number of benzene rings is 2. The Balaban J connectivity index is 2.50. The summed E-state index contributed by atoms with van der Waals surface area (Å²) in [6.45, 7) is 0. The van der Waals surface area contributed by atoms with Gasteiger partial charge in [0.1, 0.15) is 0 Å². The Morgan fingerprint density at radius 1 is 0.739 bits per heavy atom. The molecule has 5 nitrogen and oxygen atoms in total. The van der Waals surface area contributed by atoms with E-state index >= 15 is 0 Å². The van der Waals surface area contributed by atoms with E-state index in [9.17, 15) is 30.0 Å². The molecule has 23 heavy (non-hydrogen) atoms. The van der Waals surface area contributed by atoms with Crippen LogP contribution in [-0.4, -0.2) is 16.8 Å². The third-order valence-corrected chi connectivity index (χ3v) is 6.34. The van der Waals surface area contributed by atoms with E-state index in [1.54, 1.807) is 0 Å². The number of halogens is 3. The van der Waals surface area contributed by atoms with Gasteiger partial charge in [0.25, 0.3) is 20.0 Å². The lowest BCUT2D eigenvalue weighted by atomic mass is 10.2. The molecular formula is C13H10F3NO4S2. The summed E-state index contributed by atoms with van der Waals surface area (Å²) in [5.74, 6) is 0. The predicted octanol–water partition coefficient (Wildman–Crippen LogP) is 2.37. The number of rotatable bonds is 4. The standard InChI is InChI=1S/C13H10F3NO4S2/c14-13(15,16)11-8-4-5-9-12(11)23(20,21)17-22(18,19)10-6-2-1-3-7-10/h1-9,17H. The molecule has 0 saturated heterocycles. The van der Waals surface area contributed by atoms with Gasteiger partial charge in [-0.2, -0.15) is 13.2 Å². The summed E-state index contributed by atoms with van der Waals surface area (Å²) in [5, 5.41) is 0. The van der Waals surface area contributed by atoms with E-state index in [1.807, 2.05) is 0 Å². The zero-order valence-corrected chi connectivity index (χ0v) is 12.9. The minimum absolute atomic E-state index is 0.381. The van der Waals surface area contributed by atoms with Crippen LogP contribution in [0.1, 0.15) is 5.56 Å². The fourth-order valence-corrected chi connectivity index (χ4v) is 4.92. The maximum absolute atomic E-state index is 12.9. The Labute approximate surface area is 130 Å². The quantitative estimate of drug-likeness (QED) is 0.902. The van der Waals surface area contributed by atoms with Crippen LogP contribution in [0.3, 0.4) is 0 Å². The molecule has 0 spiro atoms. The number of hydrogen-bond donors (Lipinski definition) is 1. The highest BCUT2D eigenvalue weighted by molar-refractivity contribution is 8.04. The smallest absolute Gasteiger partial charge is 0.206 e. The maximum atomic E-state index is 12.9. The number of sulfonamides is 2. The zero-order chi connectivity index (χ0) is 17.3. The molecule has 0 aromatic heterocycles. The number of alkyl halides is 3. The van der Waals surface area contributed by atoms with Gasteiger partial charge in [0.2, 0.25) is 0 Å². The van der Waals surface area contributed by atoms with E-state index in [1.165, 1.54) is 22.3 Å². The monoisotopic (exact) mass is 365 g/mol. The molecule has 0 unspecified atom stereocenters. The topological polar surface area (TPSA) is 80.3 Å². The molecule has 1 N–H and O–H groups in total. The molecule has 2 aromatic carbocycles. The first-order valence-corrected chi connectivity index (χ1v) is 9.00. The fraction of sp³-hybridized carbons (Fsp3) is 0.0769. The molecule has 124 valence electrons. The number of hydrogen-bond acceptors (Lipinski definition) is 4. The highest BCUT2D eigenvalue weighted by atomic mass is 32.3. The Morgan fingerprint density at radius 2 is 1.26 bits per heavy atom. The summed E-state index contributed by atoms with van der Waals surface area (Å²) in [4.78, 5) is -1.54. The summed E-state index contributed by atoms with van der Waals surface area (Å²) in [7, 11) is -9.47. The molecule has 0 aliphatic heterocycles. The van der Waals surface area contributed by atoms with Gasteiger partial charge in [-0.05, 0) is 24.3 Å². The van der Waals surface area contributed by atoms with Crippen LogP contribution in [0, 0.1) is 0 Å². The lowest BCUT2D eigenvalue weighted by molar-refractivity contribution is -0.139. The lowest BCUT2D eigenvalue weighted by Crippen LogP contribution is -2.32. The molecule has 0 heterocycles. The summed E-state index contributed by atoms with van der Waals surface area (Å²) < 4.78 is 88.2. The van der Waals surface area contributed by atoms with Crippen molar-refractivity contribution in [2.24, 2.45) is 0 Å². The van der Waals surface area contributed by atoms with E-state index in [0.717, 1.165) is 24.3 Å². The van der Waals surface area contributed by atoms with Crippen molar-refractivity contribution in [2.45, 2.75) is 16.0 Å². The second-order valence-corrected chi connectivity index (χ2v) is 7.99. The van der Waals surface area contributed by atoms with Crippen LogP contribution < -0.4 is 4.13 Å². The Bertz CT molecular complexity index is 908. The average Bonchev–Trinajstić information content (AvgIpc) is 2.46. The molecule has 0 saturated carbocycles. The highest BCUT2D eigenvalue weighted by Crippen LogP contribution is 2.34. The van der Waals surface area contributed by atoms with E-state index < -0.39 is 36.7 Å². The maximum Gasteiger partial charge on any atom is 0.417 e. The highest BCUT2D eigenvalue weighted by Gasteiger charge is 2.38. The fourth-order valence-electron chi connectivity index (χ4n) is 1.77. The van der Waals surface area contributed by atoms with Crippen molar-refractivity contribution in [3.8, 4) is 0 Å². The minimum Gasteiger partial charge on any atom is -0.206 e. The molecule has 0 atom stereocenters. The van der Waals surface area contributed by atoms with Crippen molar-refractivity contribution in [1.29, 1.82) is 0 Å². The summed E-state index contributed by atoms with van der Waals surface area (Å²) in [6, 6.07) is 9.77. The van der Waals surface area contributed by atoms with Crippen LogP contribution in [0.4, 0.5) is 13.2 Å². The summed E-state index contributed by atoms with van der Waals surface area (Å²) >= 11 is 0. The van der Waals surface area contributed by atoms with E-state index in [-0.39, 0.29) is 4.90 Å². The summed E-state index contributed by atoms with van der Waals surface area (Å²) in [5.41, 5.74) is -1.45. The van der Waals surface area contributed by atoms with Gasteiger partial charge in [-0.15, -0.1) is 4.13 Å². The van der Waals surface area contributed by atoms with Crippen LogP contribution >= 0.6 is 0 Å². The molecule has 0 aliphatic rings. The molecule has 0 amide bonds. The molecule has 0 bridgehead atoms. The first-order valence-electron chi connectivity index (χ1n) is 6.04. The van der Waals surface area contributed by atoms with Crippen LogP contribution in [0.2, 0.25) is 0 Å². The van der Waals surface area contributed by atoms with Gasteiger partial charge in [-0.1, -0.05) is 30.3 Å². The van der Waals surface area contributed by atoms with Crippen molar-refractivity contribution in [2.75, 3.05) is 0 Å². The van der Waals surface area contributed by atoms with Crippen LogP contribution in [0.25, 0.3) is 0 Å². The Morgan fingerprint density at radius 3 is 1.83 bits per heavy atom. The van der Waals surface area contributed by atoms with Crippen molar-refractivity contribution in [3.05, 3.63) is 60.2 Å². The molecule has 2 aromatic rings. The van der Waals surface area contributed by atoms with Gasteiger partial charge in [-0.3, -0.25) is 0 Å². The molecule has 0 radical (unpaired) electrons. The van der Waals surface area contributed by atoms with E-state index in [0.29, 0.717) is 12.1 Å². The van der Waals surface area contributed by atoms with Gasteiger partial charge < -0.3 is 0 Å². The Kier molecular flexibility index (Phi) is 4.51. The van der Waals surface area contributed by atoms with Crippen LogP contribution in [0.5, 0.6) is 0 Å². The lowest BCUT2D eigenvalue weighted by Gasteiger charge is -2.13. The molecular weight excluding hydrogens is 355 g/mol. The molecule has 0 aliphatic carbocycles. The largest absolute Gasteiger partial charge is 0.417 e. The van der Waals surface area contributed by atoms with Crippen molar-refractivity contribution >= 4 is 20.0 Å². The summed E-state index contributed by atoms with van der Waals surface area (Å²) in [6.07, 6.45) is -4.94. The van der Waals surface area contributed by atoms with Gasteiger partial charge >= 0.3 is 6.18 Å². The molecule has 0 fully saturated rings. The van der Waals surface area contributed by atoms with Crippen molar-refractivity contribution in [3.63, 3.8) is 0 Å². The first-order chi connectivity index (χ1) is 10.5.